The molecule has 2 atom stereocenters. The van der Waals surface area contributed by atoms with Crippen LogP contribution >= 0.6 is 0 Å². The average molecular weight is 258 g/mol. The van der Waals surface area contributed by atoms with Gasteiger partial charge < -0.3 is 10.6 Å². The normalized spacial score (nSPS) is 29.6. The van der Waals surface area contributed by atoms with Crippen LogP contribution in [0.25, 0.3) is 0 Å². The molecule has 1 aromatic carbocycles. The average Bonchev–Trinajstić information content (AvgIpc) is 2.90. The zero-order valence-corrected chi connectivity index (χ0v) is 11.1. The molecule has 4 nitrogen and oxygen atoms in total. The summed E-state index contributed by atoms with van der Waals surface area (Å²) >= 11 is 0. The topological polar surface area (TPSA) is 63.4 Å². The molecule has 2 aliphatic rings. The zero-order valence-electron chi connectivity index (χ0n) is 11.1. The highest BCUT2D eigenvalue weighted by molar-refractivity contribution is 5.94. The molecule has 0 saturated carbocycles. The molecule has 100 valence electrons. The van der Waals surface area contributed by atoms with E-state index in [1.165, 1.54) is 11.1 Å². The van der Waals surface area contributed by atoms with E-state index in [9.17, 15) is 9.59 Å². The van der Waals surface area contributed by atoms with Crippen molar-refractivity contribution in [2.24, 2.45) is 5.73 Å². The lowest BCUT2D eigenvalue weighted by atomic mass is 9.86. The molecule has 0 spiro atoms. The van der Waals surface area contributed by atoms with Gasteiger partial charge in [0, 0.05) is 18.9 Å². The van der Waals surface area contributed by atoms with E-state index in [-0.39, 0.29) is 17.7 Å². The highest BCUT2D eigenvalue weighted by Gasteiger charge is 2.55. The molecule has 2 fully saturated rings. The third-order valence-corrected chi connectivity index (χ3v) is 4.56. The van der Waals surface area contributed by atoms with Gasteiger partial charge in [0.05, 0.1) is 0 Å². The number of hydrogen-bond donors (Lipinski definition) is 1. The molecule has 0 aliphatic carbocycles. The van der Waals surface area contributed by atoms with Gasteiger partial charge in [0.15, 0.2) is 0 Å². The number of benzene rings is 1. The lowest BCUT2D eigenvalue weighted by Crippen LogP contribution is -2.50. The number of nitrogens with two attached hydrogens (primary N) is 1. The van der Waals surface area contributed by atoms with Crippen LogP contribution in [-0.2, 0) is 9.59 Å². The highest BCUT2D eigenvalue weighted by Crippen LogP contribution is 2.45. The SMILES string of the molecule is Cc1ccc(C2CN3C(=O)CCC3(C(N)=O)C2)cc1. The molecule has 0 radical (unpaired) electrons. The highest BCUT2D eigenvalue weighted by atomic mass is 16.2. The number of hydrogen-bond acceptors (Lipinski definition) is 2. The second-order valence-corrected chi connectivity index (χ2v) is 5.71. The number of fused-ring (bicyclic) bond motifs is 1. The number of rotatable bonds is 2. The van der Waals surface area contributed by atoms with Crippen LogP contribution < -0.4 is 5.73 Å². The first kappa shape index (κ1) is 12.2. The van der Waals surface area contributed by atoms with E-state index in [4.69, 9.17) is 5.73 Å². The number of amides is 2. The van der Waals surface area contributed by atoms with E-state index in [0.29, 0.717) is 25.8 Å². The first-order chi connectivity index (χ1) is 9.03. The van der Waals surface area contributed by atoms with Crippen LogP contribution in [0.1, 0.15) is 36.3 Å². The van der Waals surface area contributed by atoms with Crippen molar-refractivity contribution >= 4 is 11.8 Å². The van der Waals surface area contributed by atoms with Gasteiger partial charge in [-0.15, -0.1) is 0 Å². The first-order valence-corrected chi connectivity index (χ1v) is 6.70. The molecule has 1 aromatic rings. The minimum Gasteiger partial charge on any atom is -0.368 e. The minimum atomic E-state index is -0.730. The summed E-state index contributed by atoms with van der Waals surface area (Å²) in [6.45, 7) is 2.66. The van der Waals surface area contributed by atoms with Crippen LogP contribution in [0.5, 0.6) is 0 Å². The Morgan fingerprint density at radius 3 is 2.63 bits per heavy atom. The Morgan fingerprint density at radius 2 is 2.05 bits per heavy atom. The molecule has 0 aromatic heterocycles. The van der Waals surface area contributed by atoms with E-state index in [2.05, 4.69) is 24.3 Å². The Balaban J connectivity index is 1.91. The van der Waals surface area contributed by atoms with Gasteiger partial charge in [0.25, 0.3) is 0 Å². The molecule has 2 heterocycles. The second kappa shape index (κ2) is 4.08. The maximum absolute atomic E-state index is 11.9. The molecule has 2 aliphatic heterocycles. The third-order valence-electron chi connectivity index (χ3n) is 4.56. The fourth-order valence-corrected chi connectivity index (χ4v) is 3.42. The van der Waals surface area contributed by atoms with Crippen LogP contribution in [0.15, 0.2) is 24.3 Å². The monoisotopic (exact) mass is 258 g/mol. The van der Waals surface area contributed by atoms with Crippen molar-refractivity contribution in [3.8, 4) is 0 Å². The quantitative estimate of drug-likeness (QED) is 0.869. The van der Waals surface area contributed by atoms with E-state index in [1.54, 1.807) is 4.90 Å². The minimum absolute atomic E-state index is 0.0633. The molecule has 2 saturated heterocycles. The molecule has 2 N–H and O–H groups in total. The Bertz CT molecular complexity index is 538. The van der Waals surface area contributed by atoms with Crippen molar-refractivity contribution in [2.75, 3.05) is 6.54 Å². The van der Waals surface area contributed by atoms with Crippen molar-refractivity contribution in [3.63, 3.8) is 0 Å². The maximum Gasteiger partial charge on any atom is 0.243 e. The largest absolute Gasteiger partial charge is 0.368 e. The number of primary amides is 1. The number of carbonyl (C=O) groups is 2. The van der Waals surface area contributed by atoms with Crippen molar-refractivity contribution < 1.29 is 9.59 Å². The molecular weight excluding hydrogens is 240 g/mol. The summed E-state index contributed by atoms with van der Waals surface area (Å²) < 4.78 is 0. The number of carbonyl (C=O) groups excluding carboxylic acids is 2. The number of aryl methyl sites for hydroxylation is 1. The summed E-state index contributed by atoms with van der Waals surface area (Å²) in [6, 6.07) is 8.30. The van der Waals surface area contributed by atoms with Crippen LogP contribution in [0.3, 0.4) is 0 Å². The van der Waals surface area contributed by atoms with Gasteiger partial charge in [-0.1, -0.05) is 29.8 Å². The molecule has 0 bridgehead atoms. The standard InChI is InChI=1S/C15H18N2O2/c1-10-2-4-11(5-3-10)12-8-15(14(16)19)7-6-13(18)17(15)9-12/h2-5,12H,6-9H2,1H3,(H2,16,19). The Kier molecular flexibility index (Phi) is 2.62. The van der Waals surface area contributed by atoms with Crippen molar-refractivity contribution in [1.82, 2.24) is 4.90 Å². The fraction of sp³-hybridized carbons (Fsp3) is 0.467. The molecule has 19 heavy (non-hydrogen) atoms. The van der Waals surface area contributed by atoms with Gasteiger partial charge in [-0.05, 0) is 25.3 Å². The maximum atomic E-state index is 11.9. The lowest BCUT2D eigenvalue weighted by molar-refractivity contribution is -0.137. The summed E-state index contributed by atoms with van der Waals surface area (Å²) in [5, 5.41) is 0. The Morgan fingerprint density at radius 1 is 1.37 bits per heavy atom. The predicted octanol–water partition coefficient (Wildman–Crippen LogP) is 1.33. The predicted molar refractivity (Wildman–Crippen MR) is 71.4 cm³/mol. The first-order valence-electron chi connectivity index (χ1n) is 6.70. The number of nitrogens with zero attached hydrogens (tertiary/aromatic N) is 1. The molecule has 2 amide bonds. The Hall–Kier alpha value is -1.84. The molecule has 4 heteroatoms. The van der Waals surface area contributed by atoms with Gasteiger partial charge >= 0.3 is 0 Å². The lowest BCUT2D eigenvalue weighted by Gasteiger charge is -2.27. The second-order valence-electron chi connectivity index (χ2n) is 5.71. The van der Waals surface area contributed by atoms with Gasteiger partial charge in [-0.3, -0.25) is 9.59 Å². The van der Waals surface area contributed by atoms with Crippen LogP contribution in [0.2, 0.25) is 0 Å². The van der Waals surface area contributed by atoms with E-state index < -0.39 is 5.54 Å². The smallest absolute Gasteiger partial charge is 0.243 e. The third kappa shape index (κ3) is 1.74. The van der Waals surface area contributed by atoms with Crippen molar-refractivity contribution in [1.29, 1.82) is 0 Å². The summed E-state index contributed by atoms with van der Waals surface area (Å²) in [4.78, 5) is 25.4. The van der Waals surface area contributed by atoms with Gasteiger partial charge in [0.1, 0.15) is 5.54 Å². The van der Waals surface area contributed by atoms with Crippen LogP contribution in [0, 0.1) is 6.92 Å². The molecule has 3 rings (SSSR count). The van der Waals surface area contributed by atoms with Crippen LogP contribution in [0.4, 0.5) is 0 Å². The summed E-state index contributed by atoms with van der Waals surface area (Å²) in [6.07, 6.45) is 1.68. The molecule has 2 unspecified atom stereocenters. The van der Waals surface area contributed by atoms with Crippen molar-refractivity contribution in [2.45, 2.75) is 37.6 Å². The van der Waals surface area contributed by atoms with E-state index in [1.807, 2.05) is 6.92 Å². The van der Waals surface area contributed by atoms with Gasteiger partial charge in [-0.25, -0.2) is 0 Å². The van der Waals surface area contributed by atoms with Crippen molar-refractivity contribution in [3.05, 3.63) is 35.4 Å². The van der Waals surface area contributed by atoms with Gasteiger partial charge in [-0.2, -0.15) is 0 Å². The summed E-state index contributed by atoms with van der Waals surface area (Å²) in [5.74, 6) is -0.0706. The Labute approximate surface area is 112 Å². The molecular formula is C15H18N2O2. The fourth-order valence-electron chi connectivity index (χ4n) is 3.42. The van der Waals surface area contributed by atoms with E-state index >= 15 is 0 Å². The zero-order chi connectivity index (χ0) is 13.6. The summed E-state index contributed by atoms with van der Waals surface area (Å²) in [5.41, 5.74) is 7.24. The van der Waals surface area contributed by atoms with Crippen LogP contribution in [-0.4, -0.2) is 28.8 Å². The van der Waals surface area contributed by atoms with E-state index in [0.717, 1.165) is 0 Å². The van der Waals surface area contributed by atoms with Gasteiger partial charge in [0.2, 0.25) is 11.8 Å². The summed E-state index contributed by atoms with van der Waals surface area (Å²) in [7, 11) is 0.